The van der Waals surface area contributed by atoms with Crippen molar-refractivity contribution in [3.63, 3.8) is 0 Å². The van der Waals surface area contributed by atoms with Crippen LogP contribution in [0, 0.1) is 0 Å². The van der Waals surface area contributed by atoms with E-state index in [2.05, 4.69) is 5.32 Å². The maximum atomic E-state index is 12.8. The predicted molar refractivity (Wildman–Crippen MR) is 95.5 cm³/mol. The quantitative estimate of drug-likeness (QED) is 0.305. The first-order valence-corrected chi connectivity index (χ1v) is 8.54. The number of hydrogen-bond acceptors (Lipinski definition) is 8. The Labute approximate surface area is 153 Å². The summed E-state index contributed by atoms with van der Waals surface area (Å²) in [4.78, 5) is 12.8. The molecule has 0 aliphatic heterocycles. The number of aromatic hydroxyl groups is 1. The number of carbonyl (C=O) groups is 1. The minimum Gasteiger partial charge on any atom is -0.504 e. The van der Waals surface area contributed by atoms with Crippen LogP contribution in [-0.4, -0.2) is 75.4 Å². The molecule has 6 N–H and O–H groups in total. The Hall–Kier alpha value is -1.71. The number of ether oxygens (including phenoxy) is 1. The molecular weight excluding hydrogens is 342 g/mol. The lowest BCUT2D eigenvalue weighted by Crippen LogP contribution is -2.47. The van der Waals surface area contributed by atoms with E-state index in [-0.39, 0.29) is 23.1 Å². The molecule has 8 heteroatoms. The smallest absolute Gasteiger partial charge is 0.198 e. The summed E-state index contributed by atoms with van der Waals surface area (Å²) in [6.45, 7) is 5.81. The van der Waals surface area contributed by atoms with Crippen molar-refractivity contribution < 1.29 is 35.1 Å². The molecule has 8 nitrogen and oxygen atoms in total. The van der Waals surface area contributed by atoms with Crippen LogP contribution >= 0.6 is 0 Å². The summed E-state index contributed by atoms with van der Waals surface area (Å²) in [7, 11) is 1.27. The lowest BCUT2D eigenvalue weighted by molar-refractivity contribution is -0.0894. The summed E-state index contributed by atoms with van der Waals surface area (Å²) in [5.41, 5.74) is 0.442. The van der Waals surface area contributed by atoms with Crippen molar-refractivity contribution in [3.8, 4) is 11.5 Å². The van der Waals surface area contributed by atoms with Gasteiger partial charge in [0, 0.05) is 6.04 Å². The van der Waals surface area contributed by atoms with Crippen molar-refractivity contribution in [1.29, 1.82) is 0 Å². The Morgan fingerprint density at radius 3 is 2.27 bits per heavy atom. The zero-order valence-electron chi connectivity index (χ0n) is 15.5. The van der Waals surface area contributed by atoms with Crippen LogP contribution in [0.15, 0.2) is 12.1 Å². The largest absolute Gasteiger partial charge is 0.504 e. The van der Waals surface area contributed by atoms with Gasteiger partial charge in [-0.15, -0.1) is 0 Å². The molecule has 0 radical (unpaired) electrons. The predicted octanol–water partition coefficient (Wildman–Crippen LogP) is -0.413. The molecule has 5 atom stereocenters. The second kappa shape index (κ2) is 9.84. The maximum Gasteiger partial charge on any atom is 0.198 e. The monoisotopic (exact) mass is 371 g/mol. The number of carbonyl (C=O) groups excluding carboxylic acids is 1. The first-order chi connectivity index (χ1) is 12.1. The first kappa shape index (κ1) is 22.3. The van der Waals surface area contributed by atoms with Gasteiger partial charge in [0.25, 0.3) is 0 Å². The van der Waals surface area contributed by atoms with Gasteiger partial charge in [0.1, 0.15) is 18.3 Å². The van der Waals surface area contributed by atoms with Gasteiger partial charge >= 0.3 is 0 Å². The molecule has 1 aromatic carbocycles. The van der Waals surface area contributed by atoms with E-state index in [1.54, 1.807) is 6.07 Å². The van der Waals surface area contributed by atoms with Crippen molar-refractivity contribution in [2.24, 2.45) is 0 Å². The molecule has 0 fully saturated rings. The number of aliphatic hydroxyl groups is 4. The van der Waals surface area contributed by atoms with Gasteiger partial charge in [0.05, 0.1) is 18.8 Å². The number of benzene rings is 1. The van der Waals surface area contributed by atoms with E-state index in [1.807, 2.05) is 13.8 Å². The third-order valence-electron chi connectivity index (χ3n) is 4.19. The molecule has 0 aliphatic carbocycles. The molecule has 0 aromatic heterocycles. The van der Waals surface area contributed by atoms with E-state index >= 15 is 0 Å². The number of rotatable bonds is 10. The van der Waals surface area contributed by atoms with Gasteiger partial charge in [-0.05, 0) is 38.4 Å². The van der Waals surface area contributed by atoms with Crippen LogP contribution in [-0.2, 0) is 6.42 Å². The highest BCUT2D eigenvalue weighted by Crippen LogP contribution is 2.34. The van der Waals surface area contributed by atoms with Crippen molar-refractivity contribution in [1.82, 2.24) is 5.32 Å². The standard InChI is InChI=1S/C18H29NO7/c1-5-19-9(2)8-11-6-7-12(21)18(26-4)13(11)15(23)17(25)16(24)14(22)10(3)20/h6-7,9-10,14,16-17,19-22,24-25H,5,8H2,1-4H3/t9-,10-,14-,16+,17+/m1/s1. The molecule has 0 aliphatic rings. The first-order valence-electron chi connectivity index (χ1n) is 8.54. The van der Waals surface area contributed by atoms with Gasteiger partial charge < -0.3 is 35.6 Å². The van der Waals surface area contributed by atoms with Crippen molar-refractivity contribution in [2.75, 3.05) is 13.7 Å². The summed E-state index contributed by atoms with van der Waals surface area (Å²) in [6.07, 6.45) is -6.53. The summed E-state index contributed by atoms with van der Waals surface area (Å²) >= 11 is 0. The van der Waals surface area contributed by atoms with Crippen LogP contribution in [0.1, 0.15) is 36.7 Å². The van der Waals surface area contributed by atoms with Gasteiger partial charge in [-0.3, -0.25) is 4.79 Å². The SMILES string of the molecule is CCN[C@H](C)Cc1ccc(O)c(OC)c1C(=O)[C@H](O)[C@@H](O)[C@H](O)[C@@H](C)O. The van der Waals surface area contributed by atoms with Gasteiger partial charge in [0.15, 0.2) is 17.3 Å². The Balaban J connectivity index is 3.29. The van der Waals surface area contributed by atoms with E-state index in [0.717, 1.165) is 6.54 Å². The number of Topliss-reactive ketones (excluding diaryl/α,β-unsaturated/α-hetero) is 1. The molecule has 0 saturated carbocycles. The van der Waals surface area contributed by atoms with Crippen molar-refractivity contribution in [3.05, 3.63) is 23.3 Å². The van der Waals surface area contributed by atoms with Gasteiger partial charge in [-0.25, -0.2) is 0 Å². The Kier molecular flexibility index (Phi) is 8.45. The normalized spacial score (nSPS) is 17.2. The third kappa shape index (κ3) is 5.15. The Morgan fingerprint density at radius 2 is 1.77 bits per heavy atom. The summed E-state index contributed by atoms with van der Waals surface area (Å²) in [6, 6.07) is 2.94. The van der Waals surface area contributed by atoms with E-state index < -0.39 is 30.2 Å². The molecule has 0 saturated heterocycles. The molecular formula is C18H29NO7. The number of hydrogen-bond donors (Lipinski definition) is 6. The minimum atomic E-state index is -2.00. The average Bonchev–Trinajstić information content (AvgIpc) is 2.60. The fourth-order valence-electron chi connectivity index (χ4n) is 2.78. The minimum absolute atomic E-state index is 0.00548. The number of likely N-dealkylation sites (N-methyl/N-ethyl adjacent to an activating group) is 1. The number of nitrogens with one attached hydrogen (secondary N) is 1. The van der Waals surface area contributed by atoms with Gasteiger partial charge in [0.2, 0.25) is 0 Å². The average molecular weight is 371 g/mol. The summed E-state index contributed by atoms with van der Waals surface area (Å²) < 4.78 is 5.12. The maximum absolute atomic E-state index is 12.8. The van der Waals surface area contributed by atoms with Gasteiger partial charge in [-0.1, -0.05) is 13.0 Å². The number of phenolic OH excluding ortho intramolecular Hbond substituents is 1. The molecule has 1 aromatic rings. The fourth-order valence-corrected chi connectivity index (χ4v) is 2.78. The second-order valence-electron chi connectivity index (χ2n) is 6.35. The zero-order valence-corrected chi connectivity index (χ0v) is 15.5. The molecule has 0 bridgehead atoms. The Bertz CT molecular complexity index is 605. The lowest BCUT2D eigenvalue weighted by atomic mass is 9.91. The molecule has 0 unspecified atom stereocenters. The number of aliphatic hydroxyl groups excluding tert-OH is 4. The number of phenols is 1. The molecule has 148 valence electrons. The van der Waals surface area contributed by atoms with Crippen LogP contribution in [0.5, 0.6) is 11.5 Å². The van der Waals surface area contributed by atoms with Crippen LogP contribution in [0.25, 0.3) is 0 Å². The highest BCUT2D eigenvalue weighted by molar-refractivity contribution is 6.04. The highest BCUT2D eigenvalue weighted by atomic mass is 16.5. The highest BCUT2D eigenvalue weighted by Gasteiger charge is 2.36. The summed E-state index contributed by atoms with van der Waals surface area (Å²) in [5.74, 6) is -1.31. The van der Waals surface area contributed by atoms with Crippen molar-refractivity contribution >= 4 is 5.78 Å². The zero-order chi connectivity index (χ0) is 20.0. The van der Waals surface area contributed by atoms with Crippen molar-refractivity contribution in [2.45, 2.75) is 57.6 Å². The van der Waals surface area contributed by atoms with Gasteiger partial charge in [-0.2, -0.15) is 0 Å². The number of ketones is 1. The third-order valence-corrected chi connectivity index (χ3v) is 4.19. The summed E-state index contributed by atoms with van der Waals surface area (Å²) in [5, 5.41) is 52.5. The topological polar surface area (TPSA) is 139 Å². The molecule has 26 heavy (non-hydrogen) atoms. The molecule has 0 heterocycles. The van der Waals surface area contributed by atoms with E-state index in [1.165, 1.54) is 20.1 Å². The van der Waals surface area contributed by atoms with E-state index in [4.69, 9.17) is 4.74 Å². The second-order valence-corrected chi connectivity index (χ2v) is 6.35. The van der Waals surface area contributed by atoms with Crippen LogP contribution in [0.2, 0.25) is 0 Å². The van der Waals surface area contributed by atoms with Crippen LogP contribution in [0.3, 0.4) is 0 Å². The van der Waals surface area contributed by atoms with Crippen LogP contribution < -0.4 is 10.1 Å². The fraction of sp³-hybridized carbons (Fsp3) is 0.611. The van der Waals surface area contributed by atoms with E-state index in [0.29, 0.717) is 12.0 Å². The molecule has 1 rings (SSSR count). The lowest BCUT2D eigenvalue weighted by Gasteiger charge is -2.25. The number of methoxy groups -OCH3 is 1. The van der Waals surface area contributed by atoms with Crippen LogP contribution in [0.4, 0.5) is 0 Å². The molecule has 0 amide bonds. The molecule has 0 spiro atoms. The van der Waals surface area contributed by atoms with E-state index in [9.17, 15) is 30.3 Å². The Morgan fingerprint density at radius 1 is 1.15 bits per heavy atom.